The summed E-state index contributed by atoms with van der Waals surface area (Å²) in [6, 6.07) is 26.6. The number of aromatic nitrogens is 2. The molecule has 4 aromatic rings. The highest BCUT2D eigenvalue weighted by molar-refractivity contribution is 6.32. The van der Waals surface area contributed by atoms with Gasteiger partial charge in [0.15, 0.2) is 0 Å². The van der Waals surface area contributed by atoms with Crippen LogP contribution in [0.2, 0.25) is 5.02 Å². The van der Waals surface area contributed by atoms with Crippen molar-refractivity contribution in [2.45, 2.75) is 39.7 Å². The smallest absolute Gasteiger partial charge is 0.212 e. The van der Waals surface area contributed by atoms with Crippen molar-refractivity contribution in [3.63, 3.8) is 0 Å². The van der Waals surface area contributed by atoms with E-state index >= 15 is 0 Å². The number of nitrogens with zero attached hydrogens (tertiary/aromatic N) is 2. The van der Waals surface area contributed by atoms with E-state index in [1.807, 2.05) is 66.2 Å². The molecule has 0 radical (unpaired) electrons. The highest BCUT2D eigenvalue weighted by Crippen LogP contribution is 2.32. The van der Waals surface area contributed by atoms with E-state index in [-0.39, 0.29) is 5.41 Å². The van der Waals surface area contributed by atoms with Crippen LogP contribution >= 0.6 is 11.6 Å². The van der Waals surface area contributed by atoms with E-state index in [4.69, 9.17) is 26.2 Å². The summed E-state index contributed by atoms with van der Waals surface area (Å²) in [6.07, 6.45) is 0. The van der Waals surface area contributed by atoms with Gasteiger partial charge in [0.05, 0.1) is 23.9 Å². The van der Waals surface area contributed by atoms with Gasteiger partial charge in [0.1, 0.15) is 12.4 Å². The van der Waals surface area contributed by atoms with Crippen molar-refractivity contribution in [2.24, 2.45) is 0 Å². The zero-order chi connectivity index (χ0) is 24.1. The normalized spacial score (nSPS) is 11.4. The van der Waals surface area contributed by atoms with Crippen molar-refractivity contribution in [1.29, 1.82) is 0 Å². The fourth-order valence-corrected chi connectivity index (χ4v) is 4.01. The molecule has 5 heteroatoms. The molecule has 0 saturated heterocycles. The highest BCUT2D eigenvalue weighted by atomic mass is 35.5. The van der Waals surface area contributed by atoms with Crippen LogP contribution in [0, 0.1) is 0 Å². The Labute approximate surface area is 207 Å². The number of benzene rings is 3. The van der Waals surface area contributed by atoms with Gasteiger partial charge in [0.2, 0.25) is 5.88 Å². The van der Waals surface area contributed by atoms with E-state index in [0.717, 1.165) is 28.3 Å². The molecule has 0 spiro atoms. The third-order valence-electron chi connectivity index (χ3n) is 5.68. The Morgan fingerprint density at radius 3 is 2.18 bits per heavy atom. The second kappa shape index (κ2) is 10.4. The van der Waals surface area contributed by atoms with Crippen LogP contribution in [0.1, 0.15) is 33.3 Å². The summed E-state index contributed by atoms with van der Waals surface area (Å²) < 4.78 is 13.6. The van der Waals surface area contributed by atoms with Crippen LogP contribution in [-0.4, -0.2) is 23.0 Å². The third-order valence-corrected chi connectivity index (χ3v) is 5.98. The van der Waals surface area contributed by atoms with Gasteiger partial charge in [-0.15, -0.1) is 0 Å². The average molecular weight is 475 g/mol. The molecule has 0 fully saturated rings. The summed E-state index contributed by atoms with van der Waals surface area (Å²) in [5.41, 5.74) is 5.57. The summed E-state index contributed by atoms with van der Waals surface area (Å²) in [5.74, 6) is 1.38. The maximum atomic E-state index is 6.56. The molecular weight excluding hydrogens is 444 g/mol. The number of hydrogen-bond donors (Lipinski definition) is 0. The first kappa shape index (κ1) is 23.9. The van der Waals surface area contributed by atoms with Gasteiger partial charge in [-0.05, 0) is 41.2 Å². The molecular formula is C29H31ClN2O2. The molecule has 0 amide bonds. The number of halogens is 1. The largest absolute Gasteiger partial charge is 0.490 e. The van der Waals surface area contributed by atoms with Crippen molar-refractivity contribution in [3.05, 3.63) is 89.4 Å². The van der Waals surface area contributed by atoms with Crippen LogP contribution in [0.25, 0.3) is 22.4 Å². The molecule has 1 heterocycles. The van der Waals surface area contributed by atoms with Gasteiger partial charge in [-0.25, -0.2) is 4.68 Å². The molecule has 3 aromatic carbocycles. The molecule has 34 heavy (non-hydrogen) atoms. The second-order valence-electron chi connectivity index (χ2n) is 9.21. The third kappa shape index (κ3) is 5.63. The Morgan fingerprint density at radius 2 is 1.53 bits per heavy atom. The molecule has 0 saturated carbocycles. The minimum absolute atomic E-state index is 0.131. The fourth-order valence-electron chi connectivity index (χ4n) is 3.78. The quantitative estimate of drug-likeness (QED) is 0.263. The molecule has 0 aliphatic carbocycles. The lowest BCUT2D eigenvalue weighted by Crippen LogP contribution is -2.11. The maximum Gasteiger partial charge on any atom is 0.212 e. The molecule has 0 aliphatic heterocycles. The van der Waals surface area contributed by atoms with E-state index in [9.17, 15) is 0 Å². The molecule has 0 aliphatic rings. The van der Waals surface area contributed by atoms with Crippen molar-refractivity contribution in [1.82, 2.24) is 9.78 Å². The van der Waals surface area contributed by atoms with Crippen molar-refractivity contribution >= 4 is 11.6 Å². The van der Waals surface area contributed by atoms with E-state index in [1.54, 1.807) is 0 Å². The topological polar surface area (TPSA) is 36.3 Å². The van der Waals surface area contributed by atoms with Crippen molar-refractivity contribution in [3.8, 4) is 34.0 Å². The Kier molecular flexibility index (Phi) is 7.28. The van der Waals surface area contributed by atoms with Gasteiger partial charge in [0, 0.05) is 11.6 Å². The van der Waals surface area contributed by atoms with Gasteiger partial charge in [-0.2, -0.15) is 5.10 Å². The van der Waals surface area contributed by atoms with Gasteiger partial charge >= 0.3 is 0 Å². The second-order valence-corrected chi connectivity index (χ2v) is 9.62. The molecule has 1 aromatic heterocycles. The van der Waals surface area contributed by atoms with Crippen LogP contribution in [0.15, 0.2) is 78.9 Å². The van der Waals surface area contributed by atoms with Crippen LogP contribution in [0.3, 0.4) is 0 Å². The highest BCUT2D eigenvalue weighted by Gasteiger charge is 2.14. The van der Waals surface area contributed by atoms with Gasteiger partial charge in [0.25, 0.3) is 0 Å². The van der Waals surface area contributed by atoms with Gasteiger partial charge < -0.3 is 9.47 Å². The number of ether oxygens (including phenoxy) is 2. The van der Waals surface area contributed by atoms with Crippen LogP contribution < -0.4 is 9.47 Å². The van der Waals surface area contributed by atoms with Gasteiger partial charge in [-0.1, -0.05) is 93.0 Å². The predicted octanol–water partition coefficient (Wildman–Crippen LogP) is 7.65. The molecule has 4 rings (SSSR count). The summed E-state index contributed by atoms with van der Waals surface area (Å²) in [5, 5.41) is 5.30. The first-order valence-electron chi connectivity index (χ1n) is 11.6. The summed E-state index contributed by atoms with van der Waals surface area (Å²) in [7, 11) is 0. The first-order valence-corrected chi connectivity index (χ1v) is 12.0. The number of hydrogen-bond acceptors (Lipinski definition) is 3. The molecule has 0 bridgehead atoms. The maximum absolute atomic E-state index is 6.56. The van der Waals surface area contributed by atoms with Crippen LogP contribution in [-0.2, 0) is 12.0 Å². The summed E-state index contributed by atoms with van der Waals surface area (Å²) in [6.45, 7) is 10.2. The van der Waals surface area contributed by atoms with Crippen molar-refractivity contribution < 1.29 is 9.47 Å². The minimum Gasteiger partial charge on any atom is -0.490 e. The van der Waals surface area contributed by atoms with Gasteiger partial charge in [-0.3, -0.25) is 0 Å². The Hall–Kier alpha value is -3.24. The fraction of sp³-hybridized carbons (Fsp3) is 0.276. The lowest BCUT2D eigenvalue weighted by atomic mass is 9.86. The predicted molar refractivity (Wildman–Crippen MR) is 140 cm³/mol. The van der Waals surface area contributed by atoms with E-state index < -0.39 is 0 Å². The zero-order valence-corrected chi connectivity index (χ0v) is 21.0. The minimum atomic E-state index is 0.131. The first-order chi connectivity index (χ1) is 16.3. The van der Waals surface area contributed by atoms with Crippen LogP contribution in [0.5, 0.6) is 11.6 Å². The lowest BCUT2D eigenvalue weighted by molar-refractivity contribution is 0.260. The molecule has 0 N–H and O–H groups in total. The van der Waals surface area contributed by atoms with Crippen molar-refractivity contribution in [2.75, 3.05) is 13.2 Å². The summed E-state index contributed by atoms with van der Waals surface area (Å²) >= 11 is 6.56. The Morgan fingerprint density at radius 1 is 0.824 bits per heavy atom. The molecule has 0 atom stereocenters. The van der Waals surface area contributed by atoms with E-state index in [1.165, 1.54) is 5.56 Å². The van der Waals surface area contributed by atoms with Crippen LogP contribution in [0.4, 0.5) is 0 Å². The Balaban J connectivity index is 1.43. The molecule has 176 valence electrons. The molecule has 4 nitrogen and oxygen atoms in total. The summed E-state index contributed by atoms with van der Waals surface area (Å²) in [4.78, 5) is 0. The van der Waals surface area contributed by atoms with E-state index in [0.29, 0.717) is 30.5 Å². The standard InChI is InChI=1S/C29H31ClN2O2/c1-5-33-28-20-26(22-9-7-6-8-10-22)31-32(28)17-18-34-27-16-13-23(19-25(27)30)21-11-14-24(15-12-21)29(2,3)4/h6-16,19-20H,5,17-18H2,1-4H3. The number of rotatable bonds is 8. The lowest BCUT2D eigenvalue weighted by Gasteiger charge is -2.19. The SMILES string of the molecule is CCOc1cc(-c2ccccc2)nn1CCOc1ccc(-c2ccc(C(C)(C)C)cc2)cc1Cl. The Bertz CT molecular complexity index is 1230. The molecule has 0 unspecified atom stereocenters. The van der Waals surface area contributed by atoms with E-state index in [2.05, 4.69) is 45.0 Å². The average Bonchev–Trinajstić information content (AvgIpc) is 3.23. The zero-order valence-electron chi connectivity index (χ0n) is 20.2. The monoisotopic (exact) mass is 474 g/mol.